The number of aromatic carboxylic acids is 1. The first-order valence-corrected chi connectivity index (χ1v) is 8.77. The predicted octanol–water partition coefficient (Wildman–Crippen LogP) is 3.90. The minimum absolute atomic E-state index is 0.0375. The molecule has 0 aliphatic carbocycles. The van der Waals surface area contributed by atoms with Crippen molar-refractivity contribution in [1.82, 2.24) is 0 Å². The Morgan fingerprint density at radius 2 is 1.77 bits per heavy atom. The van der Waals surface area contributed by atoms with Gasteiger partial charge in [-0.05, 0) is 34.6 Å². The van der Waals surface area contributed by atoms with E-state index in [2.05, 4.69) is 20.8 Å². The second-order valence-corrected chi connectivity index (χ2v) is 8.39. The van der Waals surface area contributed by atoms with Gasteiger partial charge in [-0.2, -0.15) is 0 Å². The van der Waals surface area contributed by atoms with Crippen LogP contribution in [0.3, 0.4) is 0 Å². The molecule has 0 saturated heterocycles. The van der Waals surface area contributed by atoms with Crippen molar-refractivity contribution in [3.63, 3.8) is 0 Å². The lowest BCUT2D eigenvalue weighted by atomic mass is 9.87. The molecule has 6 heteroatoms. The van der Waals surface area contributed by atoms with Gasteiger partial charge in [0.2, 0.25) is 0 Å². The lowest BCUT2D eigenvalue weighted by molar-refractivity contribution is 0.0703. The Hall–Kier alpha value is -1.66. The number of carboxylic acid groups (broad SMARTS) is 1. The van der Waals surface area contributed by atoms with E-state index in [0.717, 1.165) is 16.9 Å². The van der Waals surface area contributed by atoms with E-state index in [0.29, 0.717) is 10.6 Å². The number of nitrogens with zero attached hydrogens (tertiary/aromatic N) is 1. The van der Waals surface area contributed by atoms with E-state index in [-0.39, 0.29) is 10.3 Å². The third-order valence-corrected chi connectivity index (χ3v) is 5.61. The van der Waals surface area contributed by atoms with Crippen LogP contribution >= 0.6 is 11.3 Å². The second kappa shape index (κ2) is 6.22. The number of rotatable bonds is 4. The van der Waals surface area contributed by atoms with Crippen molar-refractivity contribution in [2.75, 3.05) is 11.4 Å². The van der Waals surface area contributed by atoms with Crippen molar-refractivity contribution in [3.8, 4) is 0 Å². The zero-order valence-electron chi connectivity index (χ0n) is 13.0. The van der Waals surface area contributed by atoms with E-state index in [1.807, 2.05) is 24.3 Å². The second-order valence-electron chi connectivity index (χ2n) is 5.96. The standard InChI is InChI=1S/C16H19NO3S2/c1-16(2,3)11-5-7-12(8-6-11)22(20)17(4)13-9-10-21-14(13)15(18)19/h5-10H,1-4H3,(H,18,19). The first kappa shape index (κ1) is 16.7. The van der Waals surface area contributed by atoms with Crippen LogP contribution in [0.1, 0.15) is 36.0 Å². The number of hydrogen-bond acceptors (Lipinski definition) is 3. The van der Waals surface area contributed by atoms with Crippen molar-refractivity contribution in [2.45, 2.75) is 31.1 Å². The van der Waals surface area contributed by atoms with Crippen molar-refractivity contribution in [1.29, 1.82) is 0 Å². The first-order valence-electron chi connectivity index (χ1n) is 6.79. The maximum Gasteiger partial charge on any atom is 0.348 e. The van der Waals surface area contributed by atoms with Gasteiger partial charge in [0.15, 0.2) is 11.0 Å². The fourth-order valence-electron chi connectivity index (χ4n) is 2.03. The normalized spacial score (nSPS) is 12.9. The Kier molecular flexibility index (Phi) is 4.72. The maximum atomic E-state index is 12.6. The van der Waals surface area contributed by atoms with E-state index in [9.17, 15) is 9.00 Å². The molecule has 1 aromatic carbocycles. The van der Waals surface area contributed by atoms with Gasteiger partial charge in [-0.3, -0.25) is 4.31 Å². The fraction of sp³-hybridized carbons (Fsp3) is 0.312. The molecule has 4 nitrogen and oxygen atoms in total. The topological polar surface area (TPSA) is 57.6 Å². The van der Waals surface area contributed by atoms with E-state index in [1.54, 1.807) is 18.5 Å². The summed E-state index contributed by atoms with van der Waals surface area (Å²) < 4.78 is 14.1. The van der Waals surface area contributed by atoms with Gasteiger partial charge < -0.3 is 5.11 Å². The summed E-state index contributed by atoms with van der Waals surface area (Å²) in [5, 5.41) is 10.9. The van der Waals surface area contributed by atoms with Gasteiger partial charge in [-0.15, -0.1) is 11.3 Å². The van der Waals surface area contributed by atoms with Crippen LogP contribution in [-0.2, 0) is 16.4 Å². The lowest BCUT2D eigenvalue weighted by Gasteiger charge is -2.21. The summed E-state index contributed by atoms with van der Waals surface area (Å²) in [4.78, 5) is 12.0. The zero-order valence-corrected chi connectivity index (χ0v) is 14.6. The number of carbonyl (C=O) groups is 1. The molecule has 0 fully saturated rings. The summed E-state index contributed by atoms with van der Waals surface area (Å²) >= 11 is 1.13. The van der Waals surface area contributed by atoms with Crippen LogP contribution in [0.5, 0.6) is 0 Å². The molecule has 0 aliphatic heterocycles. The highest BCUT2D eigenvalue weighted by Crippen LogP contribution is 2.29. The van der Waals surface area contributed by atoms with Crippen molar-refractivity contribution < 1.29 is 14.1 Å². The Labute approximate surface area is 137 Å². The minimum Gasteiger partial charge on any atom is -0.477 e. The molecule has 0 saturated carbocycles. The molecule has 118 valence electrons. The smallest absolute Gasteiger partial charge is 0.348 e. The fourth-order valence-corrected chi connectivity index (χ4v) is 3.86. The van der Waals surface area contributed by atoms with Crippen LogP contribution in [0.4, 0.5) is 5.69 Å². The van der Waals surface area contributed by atoms with Crippen LogP contribution in [0.25, 0.3) is 0 Å². The predicted molar refractivity (Wildman–Crippen MR) is 91.2 cm³/mol. The van der Waals surface area contributed by atoms with Gasteiger partial charge in [0.1, 0.15) is 4.88 Å². The Balaban J connectivity index is 2.28. The SMILES string of the molecule is CN(c1ccsc1C(=O)O)S(=O)c1ccc(C(C)(C)C)cc1. The minimum atomic E-state index is -1.44. The number of anilines is 1. The molecule has 1 unspecified atom stereocenters. The molecule has 0 amide bonds. The molecule has 22 heavy (non-hydrogen) atoms. The van der Waals surface area contributed by atoms with Crippen molar-refractivity contribution in [2.24, 2.45) is 0 Å². The van der Waals surface area contributed by atoms with Gasteiger partial charge in [0.05, 0.1) is 10.6 Å². The molecule has 1 N–H and O–H groups in total. The van der Waals surface area contributed by atoms with E-state index in [1.165, 1.54) is 4.31 Å². The van der Waals surface area contributed by atoms with Crippen molar-refractivity contribution >= 4 is 34.0 Å². The van der Waals surface area contributed by atoms with Gasteiger partial charge in [0, 0.05) is 7.05 Å². The average Bonchev–Trinajstić information content (AvgIpc) is 2.94. The Bertz CT molecular complexity index is 699. The molecular formula is C16H19NO3S2. The summed E-state index contributed by atoms with van der Waals surface area (Å²) in [6.07, 6.45) is 0. The van der Waals surface area contributed by atoms with Gasteiger partial charge >= 0.3 is 5.97 Å². The highest BCUT2D eigenvalue weighted by Gasteiger charge is 2.20. The summed E-state index contributed by atoms with van der Waals surface area (Å²) in [6, 6.07) is 9.27. The number of carboxylic acids is 1. The Morgan fingerprint density at radius 1 is 1.18 bits per heavy atom. The summed E-state index contributed by atoms with van der Waals surface area (Å²) in [5.41, 5.74) is 1.67. The van der Waals surface area contributed by atoms with E-state index in [4.69, 9.17) is 5.11 Å². The summed E-state index contributed by atoms with van der Waals surface area (Å²) in [5.74, 6) is -1.00. The van der Waals surface area contributed by atoms with Crippen LogP contribution in [-0.4, -0.2) is 22.3 Å². The molecule has 2 aromatic rings. The lowest BCUT2D eigenvalue weighted by Crippen LogP contribution is -2.22. The quantitative estimate of drug-likeness (QED) is 0.920. The highest BCUT2D eigenvalue weighted by atomic mass is 32.2. The number of hydrogen-bond donors (Lipinski definition) is 1. The third-order valence-electron chi connectivity index (χ3n) is 3.35. The number of thiophene rings is 1. The van der Waals surface area contributed by atoms with Crippen LogP contribution in [0, 0.1) is 0 Å². The molecule has 0 bridgehead atoms. The van der Waals surface area contributed by atoms with E-state index >= 15 is 0 Å². The van der Waals surface area contributed by atoms with Gasteiger partial charge in [0.25, 0.3) is 0 Å². The summed E-state index contributed by atoms with van der Waals surface area (Å²) in [6.45, 7) is 6.36. The van der Waals surface area contributed by atoms with Crippen LogP contribution in [0.2, 0.25) is 0 Å². The van der Waals surface area contributed by atoms with Gasteiger partial charge in [-0.25, -0.2) is 9.00 Å². The molecule has 2 rings (SSSR count). The summed E-state index contributed by atoms with van der Waals surface area (Å²) in [7, 11) is 0.198. The molecule has 0 radical (unpaired) electrons. The van der Waals surface area contributed by atoms with Crippen molar-refractivity contribution in [3.05, 3.63) is 46.2 Å². The molecule has 1 heterocycles. The monoisotopic (exact) mass is 337 g/mol. The molecule has 0 spiro atoms. The molecule has 0 aliphatic rings. The number of benzene rings is 1. The first-order chi connectivity index (χ1) is 10.2. The largest absolute Gasteiger partial charge is 0.477 e. The molecule has 1 aromatic heterocycles. The average molecular weight is 337 g/mol. The maximum absolute atomic E-state index is 12.6. The molecular weight excluding hydrogens is 318 g/mol. The zero-order chi connectivity index (χ0) is 16.5. The third kappa shape index (κ3) is 3.39. The van der Waals surface area contributed by atoms with Gasteiger partial charge in [-0.1, -0.05) is 32.9 Å². The highest BCUT2D eigenvalue weighted by molar-refractivity contribution is 7.86. The van der Waals surface area contributed by atoms with E-state index < -0.39 is 17.0 Å². The molecule has 1 atom stereocenters. The Morgan fingerprint density at radius 3 is 2.27 bits per heavy atom. The van der Waals surface area contributed by atoms with Crippen LogP contribution < -0.4 is 4.31 Å². The van der Waals surface area contributed by atoms with Crippen LogP contribution in [0.15, 0.2) is 40.6 Å².